The van der Waals surface area contributed by atoms with Crippen LogP contribution in [0.1, 0.15) is 45.6 Å². The van der Waals surface area contributed by atoms with Gasteiger partial charge in [0.15, 0.2) is 0 Å². The second-order valence-electron chi connectivity index (χ2n) is 7.51. The molecule has 0 bridgehead atoms. The zero-order valence-corrected chi connectivity index (χ0v) is 18.3. The molecule has 3 N–H and O–H groups in total. The van der Waals surface area contributed by atoms with Gasteiger partial charge in [-0.1, -0.05) is 57.5 Å². The Hall–Kier alpha value is -1.82. The van der Waals surface area contributed by atoms with Gasteiger partial charge >= 0.3 is 0 Å². The Kier molecular flexibility index (Phi) is 10.9. The van der Waals surface area contributed by atoms with Gasteiger partial charge in [-0.15, -0.1) is 0 Å². The Morgan fingerprint density at radius 2 is 1.79 bits per heavy atom. The number of hydrogen-bond donors (Lipinski definition) is 2. The molecule has 0 aliphatic heterocycles. The van der Waals surface area contributed by atoms with Crippen LogP contribution >= 0.6 is 11.8 Å². The number of nitrogens with one attached hydrogen (secondary N) is 1. The van der Waals surface area contributed by atoms with Crippen LogP contribution in [-0.2, 0) is 20.8 Å². The number of carbonyl (C=O) groups excluding carboxylic acids is 3. The summed E-state index contributed by atoms with van der Waals surface area (Å²) in [5.41, 5.74) is 6.49. The molecule has 1 aromatic carbocycles. The Morgan fingerprint density at radius 3 is 2.32 bits per heavy atom. The lowest BCUT2D eigenvalue weighted by Crippen LogP contribution is -2.50. The van der Waals surface area contributed by atoms with Gasteiger partial charge in [0.05, 0.1) is 0 Å². The summed E-state index contributed by atoms with van der Waals surface area (Å²) in [7, 11) is 0. The summed E-state index contributed by atoms with van der Waals surface area (Å²) in [6, 6.07) is 8.92. The minimum absolute atomic E-state index is 0.0602. The quantitative estimate of drug-likeness (QED) is 0.526. The number of primary amides is 1. The van der Waals surface area contributed by atoms with Crippen molar-refractivity contribution in [3.05, 3.63) is 35.9 Å². The van der Waals surface area contributed by atoms with E-state index in [-0.39, 0.29) is 29.9 Å². The second-order valence-corrected chi connectivity index (χ2v) is 8.50. The normalized spacial score (nSPS) is 15.3. The lowest BCUT2D eigenvalue weighted by atomic mass is 9.88. The summed E-state index contributed by atoms with van der Waals surface area (Å²) < 4.78 is 0. The third-order valence-electron chi connectivity index (χ3n) is 5.27. The first-order valence-corrected chi connectivity index (χ1v) is 11.3. The molecule has 4 atom stereocenters. The zero-order valence-electron chi connectivity index (χ0n) is 17.4. The van der Waals surface area contributed by atoms with E-state index in [9.17, 15) is 14.4 Å². The number of Topliss-reactive ketones (excluding diaryl/α,β-unsaturated/α-hetero) is 1. The molecule has 0 aliphatic rings. The predicted octanol–water partition coefficient (Wildman–Crippen LogP) is 3.21. The summed E-state index contributed by atoms with van der Waals surface area (Å²) in [4.78, 5) is 37.5. The topological polar surface area (TPSA) is 89.3 Å². The van der Waals surface area contributed by atoms with E-state index in [0.29, 0.717) is 6.42 Å². The van der Waals surface area contributed by atoms with Crippen molar-refractivity contribution < 1.29 is 14.4 Å². The van der Waals surface area contributed by atoms with E-state index in [1.807, 2.05) is 57.4 Å². The first-order valence-electron chi connectivity index (χ1n) is 9.95. The van der Waals surface area contributed by atoms with E-state index in [4.69, 9.17) is 5.73 Å². The average Bonchev–Trinajstić information content (AvgIpc) is 2.69. The van der Waals surface area contributed by atoms with E-state index < -0.39 is 17.9 Å². The molecule has 0 aliphatic carbocycles. The SMILES string of the molecule is CC[C@H](C)[C@H](NC(=O)C(CC(=O)[C@@H](C)CCSC)Cc1ccccc1)C(N)=O. The van der Waals surface area contributed by atoms with Crippen LogP contribution in [0.4, 0.5) is 0 Å². The molecule has 1 aromatic rings. The van der Waals surface area contributed by atoms with Gasteiger partial charge in [-0.3, -0.25) is 14.4 Å². The van der Waals surface area contributed by atoms with E-state index in [1.165, 1.54) is 0 Å². The maximum Gasteiger partial charge on any atom is 0.240 e. The highest BCUT2D eigenvalue weighted by molar-refractivity contribution is 7.98. The largest absolute Gasteiger partial charge is 0.368 e. The highest BCUT2D eigenvalue weighted by Gasteiger charge is 2.29. The van der Waals surface area contributed by atoms with Crippen LogP contribution in [0.15, 0.2) is 30.3 Å². The molecule has 28 heavy (non-hydrogen) atoms. The van der Waals surface area contributed by atoms with E-state index >= 15 is 0 Å². The summed E-state index contributed by atoms with van der Waals surface area (Å²) in [5.74, 6) is -0.476. The van der Waals surface area contributed by atoms with Crippen molar-refractivity contribution >= 4 is 29.4 Å². The van der Waals surface area contributed by atoms with Gasteiger partial charge in [0, 0.05) is 18.3 Å². The number of nitrogens with two attached hydrogens (primary N) is 1. The molecule has 156 valence electrons. The third-order valence-corrected chi connectivity index (χ3v) is 5.91. The highest BCUT2D eigenvalue weighted by atomic mass is 32.2. The summed E-state index contributed by atoms with van der Waals surface area (Å²) in [6.07, 6.45) is 4.17. The van der Waals surface area contributed by atoms with Crippen LogP contribution in [0.5, 0.6) is 0 Å². The van der Waals surface area contributed by atoms with Crippen molar-refractivity contribution in [2.45, 2.75) is 52.5 Å². The molecule has 0 aromatic heterocycles. The molecule has 0 radical (unpaired) electrons. The molecule has 5 nitrogen and oxygen atoms in total. The fourth-order valence-electron chi connectivity index (χ4n) is 3.06. The maximum absolute atomic E-state index is 13.0. The smallest absolute Gasteiger partial charge is 0.240 e. The molecule has 1 rings (SSSR count). The number of hydrogen-bond acceptors (Lipinski definition) is 4. The first-order chi connectivity index (χ1) is 13.3. The van der Waals surface area contributed by atoms with Crippen LogP contribution in [0.2, 0.25) is 0 Å². The van der Waals surface area contributed by atoms with Gasteiger partial charge in [0.1, 0.15) is 11.8 Å². The molecule has 6 heteroatoms. The Bertz CT molecular complexity index is 636. The standard InChI is InChI=1S/C22H34N2O3S/c1-5-15(2)20(21(23)26)24-22(27)18(13-17-9-7-6-8-10-17)14-19(25)16(3)11-12-28-4/h6-10,15-16,18,20H,5,11-14H2,1-4H3,(H2,23,26)(H,24,27)/t15-,16-,18?,20-/m0/s1. The Labute approximate surface area is 173 Å². The second kappa shape index (κ2) is 12.6. The van der Waals surface area contributed by atoms with E-state index in [2.05, 4.69) is 5.32 Å². The number of ketones is 1. The first kappa shape index (κ1) is 24.2. The molecule has 0 saturated carbocycles. The van der Waals surface area contributed by atoms with Gasteiger partial charge in [-0.25, -0.2) is 0 Å². The number of carbonyl (C=O) groups is 3. The van der Waals surface area contributed by atoms with Gasteiger partial charge in [-0.2, -0.15) is 11.8 Å². The van der Waals surface area contributed by atoms with Crippen molar-refractivity contribution in [2.24, 2.45) is 23.5 Å². The molecule has 2 amide bonds. The van der Waals surface area contributed by atoms with Crippen molar-refractivity contribution in [3.63, 3.8) is 0 Å². The fourth-order valence-corrected chi connectivity index (χ4v) is 3.65. The van der Waals surface area contributed by atoms with Crippen LogP contribution < -0.4 is 11.1 Å². The van der Waals surface area contributed by atoms with Crippen LogP contribution in [0.25, 0.3) is 0 Å². The Balaban J connectivity index is 2.93. The maximum atomic E-state index is 13.0. The summed E-state index contributed by atoms with van der Waals surface area (Å²) in [6.45, 7) is 5.75. The zero-order chi connectivity index (χ0) is 21.1. The monoisotopic (exact) mass is 406 g/mol. The molecule has 0 spiro atoms. The molecular weight excluding hydrogens is 372 g/mol. The third kappa shape index (κ3) is 8.05. The molecule has 0 saturated heterocycles. The van der Waals surface area contributed by atoms with Crippen LogP contribution in [0, 0.1) is 17.8 Å². The van der Waals surface area contributed by atoms with Gasteiger partial charge in [-0.05, 0) is 36.3 Å². The fraction of sp³-hybridized carbons (Fsp3) is 0.591. The summed E-state index contributed by atoms with van der Waals surface area (Å²) in [5, 5.41) is 2.81. The van der Waals surface area contributed by atoms with Gasteiger partial charge in [0.2, 0.25) is 11.8 Å². The van der Waals surface area contributed by atoms with Crippen molar-refractivity contribution in [3.8, 4) is 0 Å². The minimum Gasteiger partial charge on any atom is -0.368 e. The number of rotatable bonds is 13. The highest BCUT2D eigenvalue weighted by Crippen LogP contribution is 2.19. The van der Waals surface area contributed by atoms with Crippen molar-refractivity contribution in [1.29, 1.82) is 0 Å². The van der Waals surface area contributed by atoms with Gasteiger partial charge in [0.25, 0.3) is 0 Å². The molecule has 1 unspecified atom stereocenters. The molecule has 0 heterocycles. The predicted molar refractivity (Wildman–Crippen MR) is 116 cm³/mol. The minimum atomic E-state index is -0.722. The van der Waals surface area contributed by atoms with Crippen molar-refractivity contribution in [2.75, 3.05) is 12.0 Å². The number of amides is 2. The Morgan fingerprint density at radius 1 is 1.14 bits per heavy atom. The van der Waals surface area contributed by atoms with E-state index in [1.54, 1.807) is 11.8 Å². The average molecular weight is 407 g/mol. The van der Waals surface area contributed by atoms with Crippen molar-refractivity contribution in [1.82, 2.24) is 5.32 Å². The number of benzene rings is 1. The van der Waals surface area contributed by atoms with Crippen LogP contribution in [0.3, 0.4) is 0 Å². The van der Waals surface area contributed by atoms with Gasteiger partial charge < -0.3 is 11.1 Å². The molecular formula is C22H34N2O3S. The summed E-state index contributed by atoms with van der Waals surface area (Å²) >= 11 is 1.71. The van der Waals surface area contributed by atoms with Crippen LogP contribution in [-0.4, -0.2) is 35.6 Å². The lowest BCUT2D eigenvalue weighted by Gasteiger charge is -2.25. The number of thioether (sulfide) groups is 1. The van der Waals surface area contributed by atoms with E-state index in [0.717, 1.165) is 24.2 Å². The lowest BCUT2D eigenvalue weighted by molar-refractivity contribution is -0.133. The molecule has 0 fully saturated rings.